The maximum atomic E-state index is 12.2. The first-order chi connectivity index (χ1) is 7.78. The van der Waals surface area contributed by atoms with Gasteiger partial charge in [-0.05, 0) is 37.6 Å². The van der Waals surface area contributed by atoms with Gasteiger partial charge in [0.25, 0.3) is 0 Å². The van der Waals surface area contributed by atoms with Crippen LogP contribution in [0.4, 0.5) is 0 Å². The Morgan fingerprint density at radius 2 is 2.00 bits per heavy atom. The molecule has 1 rings (SSSR count). The van der Waals surface area contributed by atoms with E-state index in [4.69, 9.17) is 5.11 Å². The molecule has 0 aliphatic rings. The van der Waals surface area contributed by atoms with Crippen LogP contribution in [0.3, 0.4) is 0 Å². The largest absolute Gasteiger partial charge is 0.395 e. The van der Waals surface area contributed by atoms with E-state index in [9.17, 15) is 8.42 Å². The van der Waals surface area contributed by atoms with Crippen molar-refractivity contribution in [2.75, 3.05) is 13.7 Å². The molecular weight excluding hydrogens is 306 g/mol. The second-order valence-electron chi connectivity index (χ2n) is 4.02. The summed E-state index contributed by atoms with van der Waals surface area (Å²) in [6, 6.07) is 4.57. The number of sulfonamides is 1. The van der Waals surface area contributed by atoms with E-state index in [0.717, 1.165) is 10.0 Å². The zero-order valence-corrected chi connectivity index (χ0v) is 12.4. The second-order valence-corrected chi connectivity index (χ2v) is 6.93. The molecule has 0 aromatic heterocycles. The molecule has 1 aromatic rings. The quantitative estimate of drug-likeness (QED) is 0.919. The minimum atomic E-state index is -3.55. The summed E-state index contributed by atoms with van der Waals surface area (Å²) in [6.45, 7) is 3.28. The normalized spacial score (nSPS) is 14.0. The fourth-order valence-corrected chi connectivity index (χ4v) is 3.61. The summed E-state index contributed by atoms with van der Waals surface area (Å²) >= 11 is 3.28. The number of likely N-dealkylation sites (N-methyl/N-ethyl adjacent to an activating group) is 1. The summed E-state index contributed by atoms with van der Waals surface area (Å²) in [5.74, 6) is 0. The summed E-state index contributed by atoms with van der Waals surface area (Å²) in [6.07, 6.45) is 0. The lowest BCUT2D eigenvalue weighted by atomic mass is 10.2. The van der Waals surface area contributed by atoms with Crippen LogP contribution < -0.4 is 0 Å². The molecule has 0 aliphatic heterocycles. The van der Waals surface area contributed by atoms with Crippen LogP contribution in [0.15, 0.2) is 27.6 Å². The molecule has 0 unspecified atom stereocenters. The first kappa shape index (κ1) is 14.6. The Hall–Kier alpha value is -0.430. The molecule has 0 spiro atoms. The number of aliphatic hydroxyl groups is 1. The Bertz CT molecular complexity index is 481. The molecule has 0 fully saturated rings. The van der Waals surface area contributed by atoms with Gasteiger partial charge in [0, 0.05) is 17.6 Å². The first-order valence-corrected chi connectivity index (χ1v) is 7.38. The van der Waals surface area contributed by atoms with Crippen LogP contribution in [0.1, 0.15) is 12.5 Å². The van der Waals surface area contributed by atoms with E-state index in [2.05, 4.69) is 15.9 Å². The molecule has 96 valence electrons. The molecule has 1 N–H and O–H groups in total. The van der Waals surface area contributed by atoms with E-state index in [0.29, 0.717) is 0 Å². The van der Waals surface area contributed by atoms with Crippen LogP contribution in [0.25, 0.3) is 0 Å². The van der Waals surface area contributed by atoms with Gasteiger partial charge in [0.1, 0.15) is 0 Å². The Kier molecular flexibility index (Phi) is 4.71. The summed E-state index contributed by atoms with van der Waals surface area (Å²) in [5, 5.41) is 9.01. The number of aryl methyl sites for hydroxylation is 1. The summed E-state index contributed by atoms with van der Waals surface area (Å²) in [4.78, 5) is 0.229. The van der Waals surface area contributed by atoms with Gasteiger partial charge in [-0.25, -0.2) is 8.42 Å². The number of aliphatic hydroxyl groups excluding tert-OH is 1. The lowest BCUT2D eigenvalue weighted by Gasteiger charge is -2.22. The van der Waals surface area contributed by atoms with E-state index in [1.165, 1.54) is 11.4 Å². The van der Waals surface area contributed by atoms with Crippen molar-refractivity contribution in [3.05, 3.63) is 28.2 Å². The number of rotatable bonds is 4. The number of benzene rings is 1. The molecule has 0 bridgehead atoms. The van der Waals surface area contributed by atoms with Gasteiger partial charge in [-0.1, -0.05) is 15.9 Å². The van der Waals surface area contributed by atoms with Crippen LogP contribution in [-0.4, -0.2) is 37.5 Å². The maximum Gasteiger partial charge on any atom is 0.243 e. The molecule has 1 aromatic carbocycles. The van der Waals surface area contributed by atoms with Gasteiger partial charge >= 0.3 is 0 Å². The molecular formula is C11H16BrNO3S. The Morgan fingerprint density at radius 3 is 2.47 bits per heavy atom. The highest BCUT2D eigenvalue weighted by molar-refractivity contribution is 9.10. The molecule has 0 saturated carbocycles. The Morgan fingerprint density at radius 1 is 1.41 bits per heavy atom. The van der Waals surface area contributed by atoms with Crippen molar-refractivity contribution in [1.82, 2.24) is 4.31 Å². The number of halogens is 1. The van der Waals surface area contributed by atoms with Crippen molar-refractivity contribution in [3.63, 3.8) is 0 Å². The third-order valence-electron chi connectivity index (χ3n) is 2.58. The Labute approximate surface area is 110 Å². The monoisotopic (exact) mass is 321 g/mol. The van der Waals surface area contributed by atoms with Crippen molar-refractivity contribution >= 4 is 26.0 Å². The predicted octanol–water partition coefficient (Wildman–Crippen LogP) is 1.76. The van der Waals surface area contributed by atoms with Crippen molar-refractivity contribution in [3.8, 4) is 0 Å². The van der Waals surface area contributed by atoms with Crippen LogP contribution >= 0.6 is 15.9 Å². The zero-order chi connectivity index (χ0) is 13.2. The molecule has 0 saturated heterocycles. The van der Waals surface area contributed by atoms with Crippen molar-refractivity contribution in [1.29, 1.82) is 0 Å². The van der Waals surface area contributed by atoms with E-state index in [-0.39, 0.29) is 11.5 Å². The average molecular weight is 322 g/mol. The molecule has 4 nitrogen and oxygen atoms in total. The van der Waals surface area contributed by atoms with Crippen LogP contribution in [-0.2, 0) is 10.0 Å². The zero-order valence-electron chi connectivity index (χ0n) is 10.0. The number of hydrogen-bond donors (Lipinski definition) is 1. The lowest BCUT2D eigenvalue weighted by Crippen LogP contribution is -2.37. The summed E-state index contributed by atoms with van der Waals surface area (Å²) in [7, 11) is -2.09. The molecule has 0 aliphatic carbocycles. The predicted molar refractivity (Wildman–Crippen MR) is 70.4 cm³/mol. The molecule has 0 amide bonds. The molecule has 1 atom stereocenters. The van der Waals surface area contributed by atoms with E-state index >= 15 is 0 Å². The van der Waals surface area contributed by atoms with Gasteiger partial charge < -0.3 is 5.11 Å². The SMILES string of the molecule is Cc1cc(Br)cc(S(=O)(=O)N(C)[C@@H](C)CO)c1. The van der Waals surface area contributed by atoms with Gasteiger partial charge in [0.2, 0.25) is 10.0 Å². The highest BCUT2D eigenvalue weighted by Gasteiger charge is 2.25. The lowest BCUT2D eigenvalue weighted by molar-refractivity contribution is 0.214. The van der Waals surface area contributed by atoms with E-state index < -0.39 is 16.1 Å². The second kappa shape index (κ2) is 5.48. The van der Waals surface area contributed by atoms with Gasteiger partial charge in [-0.15, -0.1) is 0 Å². The van der Waals surface area contributed by atoms with Crippen molar-refractivity contribution < 1.29 is 13.5 Å². The number of nitrogens with zero attached hydrogens (tertiary/aromatic N) is 1. The fraction of sp³-hybridized carbons (Fsp3) is 0.455. The van der Waals surface area contributed by atoms with Crippen molar-refractivity contribution in [2.45, 2.75) is 24.8 Å². The molecule has 17 heavy (non-hydrogen) atoms. The van der Waals surface area contributed by atoms with Crippen LogP contribution in [0, 0.1) is 6.92 Å². The van der Waals surface area contributed by atoms with Crippen LogP contribution in [0.2, 0.25) is 0 Å². The highest BCUT2D eigenvalue weighted by atomic mass is 79.9. The molecule has 0 heterocycles. The third kappa shape index (κ3) is 3.28. The van der Waals surface area contributed by atoms with Crippen LogP contribution in [0.5, 0.6) is 0 Å². The van der Waals surface area contributed by atoms with Gasteiger partial charge in [-0.2, -0.15) is 4.31 Å². The van der Waals surface area contributed by atoms with E-state index in [1.807, 2.05) is 13.0 Å². The van der Waals surface area contributed by atoms with Gasteiger partial charge in [0.05, 0.1) is 11.5 Å². The van der Waals surface area contributed by atoms with E-state index in [1.54, 1.807) is 19.1 Å². The minimum absolute atomic E-state index is 0.206. The maximum absolute atomic E-state index is 12.2. The highest BCUT2D eigenvalue weighted by Crippen LogP contribution is 2.22. The van der Waals surface area contributed by atoms with Crippen molar-refractivity contribution in [2.24, 2.45) is 0 Å². The summed E-state index contributed by atoms with van der Waals surface area (Å²) < 4.78 is 26.4. The third-order valence-corrected chi connectivity index (χ3v) is 4.98. The fourth-order valence-electron chi connectivity index (χ4n) is 1.37. The standard InChI is InChI=1S/C11H16BrNO3S/c1-8-4-10(12)6-11(5-8)17(15,16)13(3)9(2)7-14/h4-6,9,14H,7H2,1-3H3/t9-/m0/s1. The molecule has 6 heteroatoms. The number of hydrogen-bond acceptors (Lipinski definition) is 3. The smallest absolute Gasteiger partial charge is 0.243 e. The topological polar surface area (TPSA) is 57.6 Å². The first-order valence-electron chi connectivity index (χ1n) is 5.15. The summed E-state index contributed by atoms with van der Waals surface area (Å²) in [5.41, 5.74) is 0.864. The van der Waals surface area contributed by atoms with Gasteiger partial charge in [-0.3, -0.25) is 0 Å². The average Bonchev–Trinajstić information content (AvgIpc) is 2.25. The minimum Gasteiger partial charge on any atom is -0.395 e. The Balaban J connectivity index is 3.22. The molecule has 0 radical (unpaired) electrons. The van der Waals surface area contributed by atoms with Gasteiger partial charge in [0.15, 0.2) is 0 Å².